The van der Waals surface area contributed by atoms with Gasteiger partial charge in [-0.25, -0.2) is 4.98 Å². The van der Waals surface area contributed by atoms with E-state index in [4.69, 9.17) is 5.26 Å². The van der Waals surface area contributed by atoms with Gasteiger partial charge in [-0.2, -0.15) is 5.26 Å². The van der Waals surface area contributed by atoms with Crippen molar-refractivity contribution in [3.8, 4) is 6.07 Å². The Morgan fingerprint density at radius 2 is 1.96 bits per heavy atom. The molecule has 0 aliphatic carbocycles. The molecule has 1 saturated heterocycles. The lowest BCUT2D eigenvalue weighted by atomic mass is 9.96. The second kappa shape index (κ2) is 8.07. The lowest BCUT2D eigenvalue weighted by molar-refractivity contribution is -0.126. The van der Waals surface area contributed by atoms with Gasteiger partial charge in [0.05, 0.1) is 11.1 Å². The highest BCUT2D eigenvalue weighted by molar-refractivity contribution is 5.95. The minimum absolute atomic E-state index is 0.168. The molecule has 1 aliphatic heterocycles. The van der Waals surface area contributed by atoms with E-state index in [0.717, 1.165) is 5.82 Å². The zero-order chi connectivity index (χ0) is 18.4. The molecule has 0 bridgehead atoms. The first-order valence-electron chi connectivity index (χ1n) is 8.28. The van der Waals surface area contributed by atoms with Crippen molar-refractivity contribution in [1.82, 2.24) is 20.8 Å². The van der Waals surface area contributed by atoms with E-state index in [2.05, 4.69) is 25.7 Å². The van der Waals surface area contributed by atoms with Crippen LogP contribution in [0.25, 0.3) is 0 Å². The van der Waals surface area contributed by atoms with Crippen LogP contribution in [0.1, 0.15) is 28.8 Å². The van der Waals surface area contributed by atoms with Crippen molar-refractivity contribution < 1.29 is 9.59 Å². The summed E-state index contributed by atoms with van der Waals surface area (Å²) in [6.07, 6.45) is 5.88. The summed E-state index contributed by atoms with van der Waals surface area (Å²) in [6.45, 7) is 1.38. The van der Waals surface area contributed by atoms with Crippen molar-refractivity contribution in [2.24, 2.45) is 5.92 Å². The molecule has 0 aromatic carbocycles. The number of carbonyl (C=O) groups excluding carboxylic acids is 2. The summed E-state index contributed by atoms with van der Waals surface area (Å²) < 4.78 is 0. The molecular formula is C18H18N6O2. The van der Waals surface area contributed by atoms with E-state index in [9.17, 15) is 9.59 Å². The lowest BCUT2D eigenvalue weighted by Gasteiger charge is -2.32. The van der Waals surface area contributed by atoms with Crippen LogP contribution in [-0.4, -0.2) is 34.9 Å². The smallest absolute Gasteiger partial charge is 0.271 e. The van der Waals surface area contributed by atoms with Crippen LogP contribution in [0, 0.1) is 17.2 Å². The first kappa shape index (κ1) is 17.4. The van der Waals surface area contributed by atoms with Crippen LogP contribution in [0.15, 0.2) is 42.9 Å². The molecule has 0 unspecified atom stereocenters. The largest absolute Gasteiger partial charge is 0.357 e. The summed E-state index contributed by atoms with van der Waals surface area (Å²) in [5.41, 5.74) is 5.80. The number of rotatable bonds is 3. The van der Waals surface area contributed by atoms with Crippen molar-refractivity contribution in [2.45, 2.75) is 12.8 Å². The van der Waals surface area contributed by atoms with Crippen LogP contribution in [0.5, 0.6) is 0 Å². The van der Waals surface area contributed by atoms with Gasteiger partial charge in [0, 0.05) is 37.6 Å². The summed E-state index contributed by atoms with van der Waals surface area (Å²) in [7, 11) is 0. The predicted octanol–water partition coefficient (Wildman–Crippen LogP) is 1.03. The van der Waals surface area contributed by atoms with Gasteiger partial charge < -0.3 is 4.90 Å². The van der Waals surface area contributed by atoms with E-state index in [1.807, 2.05) is 12.1 Å². The fraction of sp³-hybridized carbons (Fsp3) is 0.278. The molecule has 8 heteroatoms. The number of nitriles is 1. The van der Waals surface area contributed by atoms with Gasteiger partial charge in [-0.1, -0.05) is 0 Å². The third-order valence-electron chi connectivity index (χ3n) is 4.29. The number of amides is 2. The van der Waals surface area contributed by atoms with Crippen LogP contribution < -0.4 is 15.8 Å². The Morgan fingerprint density at radius 1 is 1.15 bits per heavy atom. The van der Waals surface area contributed by atoms with E-state index < -0.39 is 5.91 Å². The minimum Gasteiger partial charge on any atom is -0.357 e. The number of nitrogens with one attached hydrogen (secondary N) is 2. The van der Waals surface area contributed by atoms with Gasteiger partial charge in [0.25, 0.3) is 5.91 Å². The summed E-state index contributed by atoms with van der Waals surface area (Å²) in [5, 5.41) is 8.82. The first-order chi connectivity index (χ1) is 12.7. The van der Waals surface area contributed by atoms with E-state index in [-0.39, 0.29) is 11.8 Å². The van der Waals surface area contributed by atoms with Crippen LogP contribution in [0.2, 0.25) is 0 Å². The Labute approximate surface area is 150 Å². The second-order valence-corrected chi connectivity index (χ2v) is 5.96. The summed E-state index contributed by atoms with van der Waals surface area (Å²) in [4.78, 5) is 34.4. The van der Waals surface area contributed by atoms with Crippen molar-refractivity contribution in [3.05, 3.63) is 54.0 Å². The van der Waals surface area contributed by atoms with E-state index in [0.29, 0.717) is 37.1 Å². The van der Waals surface area contributed by atoms with Gasteiger partial charge in [0.2, 0.25) is 5.91 Å². The third kappa shape index (κ3) is 4.13. The Balaban J connectivity index is 1.47. The average molecular weight is 350 g/mol. The van der Waals surface area contributed by atoms with Crippen molar-refractivity contribution in [1.29, 1.82) is 5.26 Å². The molecule has 2 aromatic rings. The highest BCUT2D eigenvalue weighted by Gasteiger charge is 2.26. The normalized spacial score (nSPS) is 14.3. The van der Waals surface area contributed by atoms with Gasteiger partial charge in [-0.3, -0.25) is 25.4 Å². The summed E-state index contributed by atoms with van der Waals surface area (Å²) in [6, 6.07) is 8.86. The molecule has 0 radical (unpaired) electrons. The molecule has 3 heterocycles. The molecule has 3 rings (SSSR count). The van der Waals surface area contributed by atoms with Crippen LogP contribution in [-0.2, 0) is 4.79 Å². The molecule has 2 aromatic heterocycles. The monoisotopic (exact) mass is 350 g/mol. The second-order valence-electron chi connectivity index (χ2n) is 5.96. The highest BCUT2D eigenvalue weighted by Crippen LogP contribution is 2.21. The number of piperidine rings is 1. The topological polar surface area (TPSA) is 111 Å². The SMILES string of the molecule is N#Cc1ccc(N2CCC(C(=O)NNC(=O)c3cccnc3)CC2)nc1. The molecular weight excluding hydrogens is 332 g/mol. The highest BCUT2D eigenvalue weighted by atomic mass is 16.2. The van der Waals surface area contributed by atoms with E-state index in [1.165, 1.54) is 6.20 Å². The Hall–Kier alpha value is -3.47. The zero-order valence-electron chi connectivity index (χ0n) is 14.1. The van der Waals surface area contributed by atoms with E-state index in [1.54, 1.807) is 30.6 Å². The minimum atomic E-state index is -0.398. The maximum absolute atomic E-state index is 12.2. The maximum Gasteiger partial charge on any atom is 0.271 e. The molecule has 1 aliphatic rings. The number of hydrogen-bond donors (Lipinski definition) is 2. The Bertz CT molecular complexity index is 808. The van der Waals surface area contributed by atoms with Crippen LogP contribution in [0.4, 0.5) is 5.82 Å². The molecule has 0 saturated carbocycles. The lowest BCUT2D eigenvalue weighted by Crippen LogP contribution is -2.47. The number of anilines is 1. The fourth-order valence-corrected chi connectivity index (χ4v) is 2.80. The quantitative estimate of drug-likeness (QED) is 0.800. The number of aromatic nitrogens is 2. The molecule has 0 spiro atoms. The first-order valence-corrected chi connectivity index (χ1v) is 8.28. The molecule has 0 atom stereocenters. The maximum atomic E-state index is 12.2. The number of hydrogen-bond acceptors (Lipinski definition) is 6. The van der Waals surface area contributed by atoms with Gasteiger partial charge >= 0.3 is 0 Å². The Kier molecular flexibility index (Phi) is 5.39. The van der Waals surface area contributed by atoms with Gasteiger partial charge in [-0.15, -0.1) is 0 Å². The standard InChI is InChI=1S/C18H18N6O2/c19-10-13-3-4-16(21-11-13)24-8-5-14(6-9-24)17(25)22-23-18(26)15-2-1-7-20-12-15/h1-4,7,11-12,14H,5-6,8-9H2,(H,22,25)(H,23,26). The number of pyridine rings is 2. The molecule has 8 nitrogen and oxygen atoms in total. The zero-order valence-corrected chi connectivity index (χ0v) is 14.1. The van der Waals surface area contributed by atoms with Crippen molar-refractivity contribution >= 4 is 17.6 Å². The van der Waals surface area contributed by atoms with Gasteiger partial charge in [0.15, 0.2) is 0 Å². The number of hydrazine groups is 1. The van der Waals surface area contributed by atoms with Crippen LogP contribution >= 0.6 is 0 Å². The number of carbonyl (C=O) groups is 2. The third-order valence-corrected chi connectivity index (χ3v) is 4.29. The van der Waals surface area contributed by atoms with Crippen molar-refractivity contribution in [2.75, 3.05) is 18.0 Å². The Morgan fingerprint density at radius 3 is 2.58 bits per heavy atom. The van der Waals surface area contributed by atoms with E-state index >= 15 is 0 Å². The molecule has 2 N–H and O–H groups in total. The molecule has 26 heavy (non-hydrogen) atoms. The summed E-state index contributed by atoms with van der Waals surface area (Å²) >= 11 is 0. The van der Waals surface area contributed by atoms with Gasteiger partial charge in [0.1, 0.15) is 11.9 Å². The molecule has 2 amide bonds. The van der Waals surface area contributed by atoms with Gasteiger partial charge in [-0.05, 0) is 37.1 Å². The van der Waals surface area contributed by atoms with Crippen molar-refractivity contribution in [3.63, 3.8) is 0 Å². The predicted molar refractivity (Wildman–Crippen MR) is 93.7 cm³/mol. The fourth-order valence-electron chi connectivity index (χ4n) is 2.80. The van der Waals surface area contributed by atoms with Crippen LogP contribution in [0.3, 0.4) is 0 Å². The molecule has 1 fully saturated rings. The summed E-state index contributed by atoms with van der Waals surface area (Å²) in [5.74, 6) is 0.0342. The average Bonchev–Trinajstić information content (AvgIpc) is 2.72. The molecule has 132 valence electrons. The number of nitrogens with zero attached hydrogens (tertiary/aromatic N) is 4.